The standard InChI is InChI=1S/C16H18BrFN2S/c1-11-8-13(17)9-14(15(11)18)16(12-2-7-21-10-12)20-5-3-19-4-6-20/h2,7-10,16,19H,3-6H2,1H3/t16-/m0/s1. The van der Waals surface area contributed by atoms with Gasteiger partial charge in [-0.15, -0.1) is 0 Å². The molecule has 1 N–H and O–H groups in total. The molecule has 1 fully saturated rings. The highest BCUT2D eigenvalue weighted by molar-refractivity contribution is 9.10. The molecule has 0 unspecified atom stereocenters. The molecule has 0 saturated carbocycles. The minimum absolute atomic E-state index is 0.00505. The number of halogens is 2. The summed E-state index contributed by atoms with van der Waals surface area (Å²) in [5.74, 6) is -0.0899. The van der Waals surface area contributed by atoms with Gasteiger partial charge in [0.1, 0.15) is 5.82 Å². The smallest absolute Gasteiger partial charge is 0.131 e. The predicted molar refractivity (Wildman–Crippen MR) is 89.4 cm³/mol. The van der Waals surface area contributed by atoms with E-state index in [0.29, 0.717) is 5.56 Å². The quantitative estimate of drug-likeness (QED) is 0.881. The number of piperazine rings is 1. The van der Waals surface area contributed by atoms with E-state index >= 15 is 0 Å². The summed E-state index contributed by atoms with van der Waals surface area (Å²) in [5, 5.41) is 7.55. The van der Waals surface area contributed by atoms with Crippen LogP contribution in [0.5, 0.6) is 0 Å². The van der Waals surface area contributed by atoms with E-state index in [4.69, 9.17) is 0 Å². The molecule has 2 aromatic rings. The number of rotatable bonds is 3. The van der Waals surface area contributed by atoms with Gasteiger partial charge in [-0.25, -0.2) is 4.39 Å². The van der Waals surface area contributed by atoms with Crippen molar-refractivity contribution in [2.45, 2.75) is 13.0 Å². The maximum atomic E-state index is 14.7. The predicted octanol–water partition coefficient (Wildman–Crippen LogP) is 3.95. The number of hydrogen-bond acceptors (Lipinski definition) is 3. The first-order chi connectivity index (χ1) is 10.2. The van der Waals surface area contributed by atoms with Gasteiger partial charge in [0, 0.05) is 36.2 Å². The van der Waals surface area contributed by atoms with Gasteiger partial charge in [0.15, 0.2) is 0 Å². The number of benzene rings is 1. The zero-order chi connectivity index (χ0) is 14.8. The largest absolute Gasteiger partial charge is 0.314 e. The molecular formula is C16H18BrFN2S. The third kappa shape index (κ3) is 3.21. The Morgan fingerprint density at radius 2 is 2.10 bits per heavy atom. The second-order valence-corrected chi connectivity index (χ2v) is 7.07. The average molecular weight is 369 g/mol. The summed E-state index contributed by atoms with van der Waals surface area (Å²) in [6.45, 7) is 5.60. The summed E-state index contributed by atoms with van der Waals surface area (Å²) in [7, 11) is 0. The van der Waals surface area contributed by atoms with Gasteiger partial charge in [-0.3, -0.25) is 4.90 Å². The van der Waals surface area contributed by atoms with Gasteiger partial charge in [-0.05, 0) is 47.0 Å². The monoisotopic (exact) mass is 368 g/mol. The molecule has 2 heterocycles. The van der Waals surface area contributed by atoms with Crippen LogP contribution in [-0.2, 0) is 0 Å². The van der Waals surface area contributed by atoms with Crippen LogP contribution in [0, 0.1) is 12.7 Å². The Hall–Kier alpha value is -0.750. The molecule has 21 heavy (non-hydrogen) atoms. The van der Waals surface area contributed by atoms with E-state index in [1.165, 1.54) is 5.56 Å². The van der Waals surface area contributed by atoms with Crippen molar-refractivity contribution < 1.29 is 4.39 Å². The Balaban J connectivity index is 2.07. The molecule has 1 saturated heterocycles. The summed E-state index contributed by atoms with van der Waals surface area (Å²) in [4.78, 5) is 2.36. The second-order valence-electron chi connectivity index (χ2n) is 5.37. The van der Waals surface area contributed by atoms with Crippen molar-refractivity contribution >= 4 is 27.3 Å². The van der Waals surface area contributed by atoms with E-state index in [-0.39, 0.29) is 11.9 Å². The summed E-state index contributed by atoms with van der Waals surface area (Å²) < 4.78 is 15.7. The van der Waals surface area contributed by atoms with Crippen LogP contribution in [0.3, 0.4) is 0 Å². The fourth-order valence-corrected chi connectivity index (χ4v) is 4.18. The number of nitrogens with one attached hydrogen (secondary N) is 1. The lowest BCUT2D eigenvalue weighted by atomic mass is 9.96. The lowest BCUT2D eigenvalue weighted by Crippen LogP contribution is -2.45. The normalized spacial score (nSPS) is 17.9. The highest BCUT2D eigenvalue weighted by Gasteiger charge is 2.27. The number of aryl methyl sites for hydroxylation is 1. The Morgan fingerprint density at radius 3 is 2.76 bits per heavy atom. The molecule has 1 aliphatic rings. The number of nitrogens with zero attached hydrogens (tertiary/aromatic N) is 1. The third-order valence-corrected chi connectivity index (χ3v) is 5.08. The second kappa shape index (κ2) is 6.57. The summed E-state index contributed by atoms with van der Waals surface area (Å²) in [5.41, 5.74) is 2.63. The molecule has 1 aromatic heterocycles. The van der Waals surface area contributed by atoms with Crippen LogP contribution in [0.4, 0.5) is 4.39 Å². The van der Waals surface area contributed by atoms with Gasteiger partial charge in [0.2, 0.25) is 0 Å². The van der Waals surface area contributed by atoms with Crippen LogP contribution in [0.1, 0.15) is 22.7 Å². The molecule has 0 spiro atoms. The van der Waals surface area contributed by atoms with Crippen molar-refractivity contribution in [3.8, 4) is 0 Å². The fraction of sp³-hybridized carbons (Fsp3) is 0.375. The van der Waals surface area contributed by atoms with Crippen molar-refractivity contribution in [3.63, 3.8) is 0 Å². The maximum absolute atomic E-state index is 14.7. The first kappa shape index (κ1) is 15.2. The van der Waals surface area contributed by atoms with E-state index in [1.54, 1.807) is 11.3 Å². The van der Waals surface area contributed by atoms with Crippen molar-refractivity contribution in [2.24, 2.45) is 0 Å². The Kier molecular flexibility index (Phi) is 4.74. The lowest BCUT2D eigenvalue weighted by molar-refractivity contribution is 0.195. The SMILES string of the molecule is Cc1cc(Br)cc([C@H](c2ccsc2)N2CCNCC2)c1F. The first-order valence-electron chi connectivity index (χ1n) is 7.09. The van der Waals surface area contributed by atoms with Crippen LogP contribution in [0.25, 0.3) is 0 Å². The van der Waals surface area contributed by atoms with Crippen molar-refractivity contribution in [1.82, 2.24) is 10.2 Å². The molecule has 0 radical (unpaired) electrons. The van der Waals surface area contributed by atoms with Crippen LogP contribution in [-0.4, -0.2) is 31.1 Å². The average Bonchev–Trinajstić information content (AvgIpc) is 2.99. The Labute approximate surface area is 137 Å². The van der Waals surface area contributed by atoms with Crippen molar-refractivity contribution in [1.29, 1.82) is 0 Å². The van der Waals surface area contributed by atoms with Gasteiger partial charge in [-0.1, -0.05) is 15.9 Å². The molecule has 1 atom stereocenters. The van der Waals surface area contributed by atoms with Crippen LogP contribution in [0.2, 0.25) is 0 Å². The topological polar surface area (TPSA) is 15.3 Å². The summed E-state index contributed by atoms with van der Waals surface area (Å²) in [6.07, 6.45) is 0. The number of thiophene rings is 1. The molecule has 112 valence electrons. The fourth-order valence-electron chi connectivity index (χ4n) is 2.91. The van der Waals surface area contributed by atoms with Crippen LogP contribution >= 0.6 is 27.3 Å². The zero-order valence-corrected chi connectivity index (χ0v) is 14.3. The highest BCUT2D eigenvalue weighted by Crippen LogP contribution is 2.34. The van der Waals surface area contributed by atoms with E-state index in [9.17, 15) is 4.39 Å². The van der Waals surface area contributed by atoms with Gasteiger partial charge >= 0.3 is 0 Å². The van der Waals surface area contributed by atoms with Crippen molar-refractivity contribution in [3.05, 3.63) is 55.9 Å². The van der Waals surface area contributed by atoms with E-state index in [2.05, 4.69) is 43.0 Å². The maximum Gasteiger partial charge on any atom is 0.131 e. The van der Waals surface area contributed by atoms with Gasteiger partial charge in [-0.2, -0.15) is 11.3 Å². The molecule has 1 aromatic carbocycles. The summed E-state index contributed by atoms with van der Waals surface area (Å²) >= 11 is 5.17. The van der Waals surface area contributed by atoms with Crippen LogP contribution < -0.4 is 5.32 Å². The van der Waals surface area contributed by atoms with Gasteiger partial charge < -0.3 is 5.32 Å². The van der Waals surface area contributed by atoms with Crippen LogP contribution in [0.15, 0.2) is 33.4 Å². The highest BCUT2D eigenvalue weighted by atomic mass is 79.9. The van der Waals surface area contributed by atoms with Gasteiger partial charge in [0.25, 0.3) is 0 Å². The lowest BCUT2D eigenvalue weighted by Gasteiger charge is -2.35. The van der Waals surface area contributed by atoms with Gasteiger partial charge in [0.05, 0.1) is 6.04 Å². The minimum Gasteiger partial charge on any atom is -0.314 e. The molecular weight excluding hydrogens is 351 g/mol. The molecule has 0 amide bonds. The molecule has 5 heteroatoms. The summed E-state index contributed by atoms with van der Waals surface area (Å²) in [6, 6.07) is 5.86. The Bertz CT molecular complexity index is 609. The first-order valence-corrected chi connectivity index (χ1v) is 8.83. The molecule has 3 rings (SSSR count). The molecule has 1 aliphatic heterocycles. The third-order valence-electron chi connectivity index (χ3n) is 3.92. The number of hydrogen-bond donors (Lipinski definition) is 1. The van der Waals surface area contributed by atoms with E-state index in [1.807, 2.05) is 19.1 Å². The van der Waals surface area contributed by atoms with E-state index < -0.39 is 0 Å². The Morgan fingerprint density at radius 1 is 1.33 bits per heavy atom. The van der Waals surface area contributed by atoms with Crippen molar-refractivity contribution in [2.75, 3.05) is 26.2 Å². The van der Waals surface area contributed by atoms with E-state index in [0.717, 1.165) is 36.2 Å². The molecule has 2 nitrogen and oxygen atoms in total. The molecule has 0 bridgehead atoms. The minimum atomic E-state index is -0.0899. The molecule has 0 aliphatic carbocycles. The zero-order valence-electron chi connectivity index (χ0n) is 11.9.